The molecule has 3 aromatic rings. The average Bonchev–Trinajstić information content (AvgIpc) is 2.60. The maximum absolute atomic E-state index is 13.2. The molecule has 1 aromatic heterocycles. The number of pyridine rings is 1. The number of aryl methyl sites for hydroxylation is 1. The van der Waals surface area contributed by atoms with Crippen LogP contribution in [0.4, 0.5) is 13.2 Å². The van der Waals surface area contributed by atoms with Gasteiger partial charge in [0.15, 0.2) is 17.5 Å². The summed E-state index contributed by atoms with van der Waals surface area (Å²) in [5, 5.41) is -0.0686. The molecule has 0 amide bonds. The van der Waals surface area contributed by atoms with Crippen LogP contribution in [0.3, 0.4) is 0 Å². The average molecular weight is 359 g/mol. The summed E-state index contributed by atoms with van der Waals surface area (Å²) in [6.45, 7) is 2.00. The number of hydrogen-bond donors (Lipinski definition) is 0. The van der Waals surface area contributed by atoms with Gasteiger partial charge in [0.05, 0.1) is 0 Å². The second kappa shape index (κ2) is 7.03. The fourth-order valence-corrected chi connectivity index (χ4v) is 2.40. The van der Waals surface area contributed by atoms with Crippen molar-refractivity contribution in [1.82, 2.24) is 4.98 Å². The van der Waals surface area contributed by atoms with Crippen LogP contribution in [0.15, 0.2) is 54.7 Å². The topological polar surface area (TPSA) is 22.1 Å². The second-order valence-corrected chi connectivity index (χ2v) is 5.76. The summed E-state index contributed by atoms with van der Waals surface area (Å²) >= 11 is 5.08. The first-order chi connectivity index (χ1) is 11.9. The van der Waals surface area contributed by atoms with Crippen LogP contribution in [-0.2, 0) is 0 Å². The van der Waals surface area contributed by atoms with Gasteiger partial charge in [0.2, 0.25) is 5.05 Å². The van der Waals surface area contributed by atoms with Crippen LogP contribution in [-0.4, -0.2) is 10.0 Å². The summed E-state index contributed by atoms with van der Waals surface area (Å²) in [4.78, 5) is 4.21. The Morgan fingerprint density at radius 3 is 2.08 bits per heavy atom. The van der Waals surface area contributed by atoms with Crippen molar-refractivity contribution < 1.29 is 17.9 Å². The Morgan fingerprint density at radius 1 is 0.920 bits per heavy atom. The first-order valence-corrected chi connectivity index (χ1v) is 7.74. The van der Waals surface area contributed by atoms with Crippen molar-refractivity contribution in [2.75, 3.05) is 0 Å². The molecule has 126 valence electrons. The Labute approximate surface area is 147 Å². The van der Waals surface area contributed by atoms with Gasteiger partial charge in [-0.05, 0) is 30.8 Å². The zero-order valence-electron chi connectivity index (χ0n) is 13.1. The zero-order valence-corrected chi connectivity index (χ0v) is 13.9. The number of nitrogens with zero attached hydrogens (tertiary/aromatic N) is 1. The van der Waals surface area contributed by atoms with E-state index in [9.17, 15) is 13.2 Å². The molecular formula is C19H12F3NOS. The van der Waals surface area contributed by atoms with Crippen molar-refractivity contribution in [1.29, 1.82) is 0 Å². The minimum Gasteiger partial charge on any atom is -0.443 e. The van der Waals surface area contributed by atoms with E-state index < -0.39 is 17.5 Å². The van der Waals surface area contributed by atoms with Crippen LogP contribution in [0.1, 0.15) is 11.3 Å². The van der Waals surface area contributed by atoms with Gasteiger partial charge in [-0.1, -0.05) is 35.9 Å². The molecule has 6 heteroatoms. The van der Waals surface area contributed by atoms with E-state index >= 15 is 0 Å². The van der Waals surface area contributed by atoms with Crippen molar-refractivity contribution in [3.63, 3.8) is 0 Å². The lowest BCUT2D eigenvalue weighted by atomic mass is 10.1. The van der Waals surface area contributed by atoms with Crippen molar-refractivity contribution in [2.45, 2.75) is 6.92 Å². The summed E-state index contributed by atoms with van der Waals surface area (Å²) in [5.41, 5.74) is 3.38. The van der Waals surface area contributed by atoms with Crippen LogP contribution in [0.2, 0.25) is 0 Å². The van der Waals surface area contributed by atoms with E-state index in [2.05, 4.69) is 4.98 Å². The molecule has 3 rings (SSSR count). The van der Waals surface area contributed by atoms with Gasteiger partial charge < -0.3 is 4.74 Å². The molecular weight excluding hydrogens is 347 g/mol. The molecule has 0 unspecified atom stereocenters. The highest BCUT2D eigenvalue weighted by Gasteiger charge is 2.13. The molecule has 0 bridgehead atoms. The Bertz CT molecular complexity index is 901. The highest BCUT2D eigenvalue weighted by Crippen LogP contribution is 2.22. The van der Waals surface area contributed by atoms with Crippen molar-refractivity contribution in [3.8, 4) is 16.9 Å². The second-order valence-electron chi connectivity index (χ2n) is 5.39. The molecule has 0 saturated heterocycles. The van der Waals surface area contributed by atoms with Gasteiger partial charge in [0, 0.05) is 23.9 Å². The molecule has 0 fully saturated rings. The Kier molecular flexibility index (Phi) is 4.81. The molecule has 1 heterocycles. The van der Waals surface area contributed by atoms with Gasteiger partial charge in [-0.2, -0.15) is 0 Å². The normalized spacial score (nSPS) is 10.6. The van der Waals surface area contributed by atoms with Crippen molar-refractivity contribution in [3.05, 3.63) is 83.4 Å². The number of aromatic nitrogens is 1. The summed E-state index contributed by atoms with van der Waals surface area (Å²) in [5.74, 6) is -4.48. The highest BCUT2D eigenvalue weighted by molar-refractivity contribution is 7.80. The quantitative estimate of drug-likeness (QED) is 0.472. The van der Waals surface area contributed by atoms with Crippen LogP contribution >= 0.6 is 12.2 Å². The molecule has 0 atom stereocenters. The maximum atomic E-state index is 13.2. The van der Waals surface area contributed by atoms with Gasteiger partial charge in [0.25, 0.3) is 0 Å². The van der Waals surface area contributed by atoms with E-state index in [1.54, 1.807) is 12.3 Å². The molecule has 2 nitrogen and oxygen atoms in total. The Hall–Kier alpha value is -2.73. The van der Waals surface area contributed by atoms with Crippen LogP contribution in [0, 0.1) is 24.4 Å². The van der Waals surface area contributed by atoms with E-state index in [1.165, 1.54) is 0 Å². The lowest BCUT2D eigenvalue weighted by Crippen LogP contribution is -2.09. The molecule has 0 saturated carbocycles. The van der Waals surface area contributed by atoms with Gasteiger partial charge in [-0.15, -0.1) is 0 Å². The number of rotatable bonds is 3. The third kappa shape index (κ3) is 3.85. The molecule has 0 aliphatic rings. The van der Waals surface area contributed by atoms with Gasteiger partial charge in [-0.25, -0.2) is 13.2 Å². The summed E-state index contributed by atoms with van der Waals surface area (Å²) in [6.07, 6.45) is 1.63. The fraction of sp³-hybridized carbons (Fsp3) is 0.0526. The van der Waals surface area contributed by atoms with Crippen molar-refractivity contribution in [2.24, 2.45) is 0 Å². The predicted octanol–water partition coefficient (Wildman–Crippen LogP) is 5.23. The number of hydrogen-bond acceptors (Lipinski definition) is 3. The van der Waals surface area contributed by atoms with Crippen LogP contribution in [0.25, 0.3) is 11.1 Å². The molecule has 0 spiro atoms. The summed E-state index contributed by atoms with van der Waals surface area (Å²) in [7, 11) is 0. The highest BCUT2D eigenvalue weighted by atomic mass is 32.1. The zero-order chi connectivity index (χ0) is 18.0. The summed E-state index contributed by atoms with van der Waals surface area (Å²) < 4.78 is 44.6. The van der Waals surface area contributed by atoms with Gasteiger partial charge in [-0.3, -0.25) is 4.98 Å². The minimum absolute atomic E-state index is 0.0686. The monoisotopic (exact) mass is 359 g/mol. The molecule has 0 aliphatic heterocycles. The van der Waals surface area contributed by atoms with E-state index in [0.717, 1.165) is 28.8 Å². The van der Waals surface area contributed by atoms with E-state index in [0.29, 0.717) is 5.69 Å². The van der Waals surface area contributed by atoms with Crippen LogP contribution < -0.4 is 4.74 Å². The van der Waals surface area contributed by atoms with E-state index in [-0.39, 0.29) is 10.8 Å². The first-order valence-electron chi connectivity index (χ1n) is 7.34. The Balaban J connectivity index is 1.78. The number of thiocarbonyl (C=S) groups is 1. The van der Waals surface area contributed by atoms with Crippen LogP contribution in [0.5, 0.6) is 5.75 Å². The van der Waals surface area contributed by atoms with Gasteiger partial charge in [0.1, 0.15) is 11.4 Å². The first kappa shape index (κ1) is 17.1. The Morgan fingerprint density at radius 2 is 1.52 bits per heavy atom. The lowest BCUT2D eigenvalue weighted by Gasteiger charge is -2.08. The number of benzene rings is 2. The van der Waals surface area contributed by atoms with Gasteiger partial charge >= 0.3 is 0 Å². The smallest absolute Gasteiger partial charge is 0.216 e. The number of halogens is 3. The van der Waals surface area contributed by atoms with E-state index in [1.807, 2.05) is 37.3 Å². The number of ether oxygens (including phenoxy) is 1. The van der Waals surface area contributed by atoms with Crippen molar-refractivity contribution >= 4 is 17.3 Å². The third-order valence-corrected chi connectivity index (χ3v) is 3.82. The summed E-state index contributed by atoms with van der Waals surface area (Å²) in [6, 6.07) is 12.9. The minimum atomic E-state index is -1.56. The molecule has 2 aromatic carbocycles. The molecule has 25 heavy (non-hydrogen) atoms. The predicted molar refractivity (Wildman–Crippen MR) is 93.1 cm³/mol. The molecule has 0 aliphatic carbocycles. The third-order valence-electron chi connectivity index (χ3n) is 3.53. The van der Waals surface area contributed by atoms with E-state index in [4.69, 9.17) is 17.0 Å². The molecule has 0 N–H and O–H groups in total. The largest absolute Gasteiger partial charge is 0.443 e. The fourth-order valence-electron chi connectivity index (χ4n) is 2.18. The SMILES string of the molecule is Cc1ccc(-c2ccc(C(=S)Oc3cc(F)c(F)c(F)c3)nc2)cc1. The maximum Gasteiger partial charge on any atom is 0.216 e. The standard InChI is InChI=1S/C19H12F3NOS/c1-11-2-4-12(5-3-11)13-6-7-17(23-10-13)19(25)24-14-8-15(20)18(22)16(21)9-14/h2-10H,1H3. The lowest BCUT2D eigenvalue weighted by molar-refractivity contribution is 0.436. The molecule has 0 radical (unpaired) electrons.